The van der Waals surface area contributed by atoms with Gasteiger partial charge in [-0.2, -0.15) is 0 Å². The van der Waals surface area contributed by atoms with Gasteiger partial charge in [-0.05, 0) is 39.5 Å². The molecule has 2 atom stereocenters. The number of likely N-dealkylation sites (tertiary alicyclic amines) is 1. The lowest BCUT2D eigenvalue weighted by Gasteiger charge is -2.33. The quantitative estimate of drug-likeness (QED) is 0.852. The second kappa shape index (κ2) is 7.17. The molecule has 0 aromatic carbocycles. The number of hydrogen-bond acceptors (Lipinski definition) is 5. The Kier molecular flexibility index (Phi) is 5.50. The maximum atomic E-state index is 12.3. The summed E-state index contributed by atoms with van der Waals surface area (Å²) in [6.07, 6.45) is 6.21. The first-order valence-electron chi connectivity index (χ1n) is 7.47. The van der Waals surface area contributed by atoms with E-state index < -0.39 is 16.4 Å². The third-order valence-electron chi connectivity index (χ3n) is 3.33. The van der Waals surface area contributed by atoms with E-state index in [9.17, 15) is 9.00 Å². The second-order valence-electron chi connectivity index (χ2n) is 6.49. The van der Waals surface area contributed by atoms with Crippen molar-refractivity contribution in [3.63, 3.8) is 0 Å². The number of nitrogens with zero attached hydrogens (tertiary/aromatic N) is 3. The number of piperidine rings is 1. The third kappa shape index (κ3) is 5.05. The predicted octanol–water partition coefficient (Wildman–Crippen LogP) is 2.23. The van der Waals surface area contributed by atoms with Gasteiger partial charge in [0.2, 0.25) is 0 Å². The number of ether oxygens (including phenoxy) is 1. The molecular weight excluding hydrogens is 302 g/mol. The SMILES string of the molecule is CC(C)(C)OC(=O)N1CCC[C@H](C[S@@](=O)c2cnccn2)C1. The molecule has 0 spiro atoms. The summed E-state index contributed by atoms with van der Waals surface area (Å²) in [6.45, 7) is 6.85. The van der Waals surface area contributed by atoms with E-state index in [1.54, 1.807) is 17.3 Å². The molecule has 1 aliphatic rings. The summed E-state index contributed by atoms with van der Waals surface area (Å²) in [7, 11) is -1.18. The Hall–Kier alpha value is -1.50. The van der Waals surface area contributed by atoms with Gasteiger partial charge in [-0.15, -0.1) is 0 Å². The van der Waals surface area contributed by atoms with Crippen LogP contribution in [0.2, 0.25) is 0 Å². The van der Waals surface area contributed by atoms with Crippen molar-refractivity contribution in [1.29, 1.82) is 0 Å². The van der Waals surface area contributed by atoms with Gasteiger partial charge in [-0.25, -0.2) is 9.78 Å². The zero-order valence-electron chi connectivity index (χ0n) is 13.3. The van der Waals surface area contributed by atoms with Gasteiger partial charge < -0.3 is 9.64 Å². The number of hydrogen-bond donors (Lipinski definition) is 0. The highest BCUT2D eigenvalue weighted by atomic mass is 32.2. The first-order valence-corrected chi connectivity index (χ1v) is 8.79. The summed E-state index contributed by atoms with van der Waals surface area (Å²) >= 11 is 0. The monoisotopic (exact) mass is 325 g/mol. The van der Waals surface area contributed by atoms with E-state index in [4.69, 9.17) is 4.74 Å². The lowest BCUT2D eigenvalue weighted by atomic mass is 10.0. The van der Waals surface area contributed by atoms with Crippen molar-refractivity contribution in [1.82, 2.24) is 14.9 Å². The van der Waals surface area contributed by atoms with Crippen LogP contribution in [-0.2, 0) is 15.5 Å². The Morgan fingerprint density at radius 1 is 1.45 bits per heavy atom. The largest absolute Gasteiger partial charge is 0.444 e. The van der Waals surface area contributed by atoms with Crippen molar-refractivity contribution < 1.29 is 13.7 Å². The lowest BCUT2D eigenvalue weighted by Crippen LogP contribution is -2.44. The van der Waals surface area contributed by atoms with E-state index >= 15 is 0 Å². The molecule has 6 nitrogen and oxygen atoms in total. The standard InChI is InChI=1S/C15H23N3O3S/c1-15(2,3)21-14(19)18-8-4-5-12(10-18)11-22(20)13-9-16-6-7-17-13/h6-7,9,12H,4-5,8,10-11H2,1-3H3/t12-,22+/m0/s1. The Bertz CT molecular complexity index is 531. The maximum absolute atomic E-state index is 12.3. The molecule has 1 saturated heterocycles. The van der Waals surface area contributed by atoms with Crippen LogP contribution < -0.4 is 0 Å². The van der Waals surface area contributed by atoms with Crippen LogP contribution in [0.25, 0.3) is 0 Å². The minimum Gasteiger partial charge on any atom is -0.444 e. The number of aromatic nitrogens is 2. The summed E-state index contributed by atoms with van der Waals surface area (Å²) in [5.41, 5.74) is -0.494. The number of amides is 1. The van der Waals surface area contributed by atoms with Crippen molar-refractivity contribution >= 4 is 16.9 Å². The highest BCUT2D eigenvalue weighted by Crippen LogP contribution is 2.21. The summed E-state index contributed by atoms with van der Waals surface area (Å²) < 4.78 is 17.7. The van der Waals surface area contributed by atoms with E-state index in [2.05, 4.69) is 9.97 Å². The van der Waals surface area contributed by atoms with Gasteiger partial charge in [0.15, 0.2) is 0 Å². The molecule has 1 aromatic rings. The molecule has 2 heterocycles. The fourth-order valence-electron chi connectivity index (χ4n) is 2.40. The number of rotatable bonds is 3. The van der Waals surface area contributed by atoms with Crippen LogP contribution in [0.5, 0.6) is 0 Å². The van der Waals surface area contributed by atoms with E-state index in [-0.39, 0.29) is 12.0 Å². The molecule has 122 valence electrons. The average molecular weight is 325 g/mol. The van der Waals surface area contributed by atoms with Gasteiger partial charge in [0.05, 0.1) is 17.0 Å². The van der Waals surface area contributed by atoms with Crippen LogP contribution in [0.1, 0.15) is 33.6 Å². The van der Waals surface area contributed by atoms with E-state index in [0.717, 1.165) is 12.8 Å². The second-order valence-corrected chi connectivity index (χ2v) is 7.93. The summed E-state index contributed by atoms with van der Waals surface area (Å²) in [6, 6.07) is 0. The molecule has 2 rings (SSSR count). The average Bonchev–Trinajstić information content (AvgIpc) is 2.46. The Morgan fingerprint density at radius 2 is 2.23 bits per heavy atom. The molecular formula is C15H23N3O3S. The predicted molar refractivity (Wildman–Crippen MR) is 83.8 cm³/mol. The fraction of sp³-hybridized carbons (Fsp3) is 0.667. The van der Waals surface area contributed by atoms with E-state index in [1.807, 2.05) is 20.8 Å². The van der Waals surface area contributed by atoms with Crippen LogP contribution in [0, 0.1) is 5.92 Å². The van der Waals surface area contributed by atoms with Gasteiger partial charge in [-0.3, -0.25) is 9.19 Å². The molecule has 0 saturated carbocycles. The maximum Gasteiger partial charge on any atom is 0.410 e. The molecule has 0 bridgehead atoms. The molecule has 1 aliphatic heterocycles. The van der Waals surface area contributed by atoms with Crippen LogP contribution in [0.15, 0.2) is 23.6 Å². The summed E-state index contributed by atoms with van der Waals surface area (Å²) in [5.74, 6) is 0.696. The molecule has 22 heavy (non-hydrogen) atoms. The van der Waals surface area contributed by atoms with Crippen molar-refractivity contribution in [3.05, 3.63) is 18.6 Å². The van der Waals surface area contributed by atoms with Gasteiger partial charge in [-0.1, -0.05) is 0 Å². The third-order valence-corrected chi connectivity index (χ3v) is 4.78. The van der Waals surface area contributed by atoms with Crippen molar-refractivity contribution in [2.45, 2.75) is 44.2 Å². The summed E-state index contributed by atoms with van der Waals surface area (Å²) in [4.78, 5) is 21.9. The van der Waals surface area contributed by atoms with Crippen molar-refractivity contribution in [2.75, 3.05) is 18.8 Å². The van der Waals surface area contributed by atoms with Gasteiger partial charge in [0.1, 0.15) is 10.6 Å². The molecule has 0 N–H and O–H groups in total. The molecule has 1 fully saturated rings. The molecule has 1 aromatic heterocycles. The Labute approximate surface area is 133 Å². The fourth-order valence-corrected chi connectivity index (χ4v) is 3.62. The van der Waals surface area contributed by atoms with E-state index in [0.29, 0.717) is 23.9 Å². The lowest BCUT2D eigenvalue weighted by molar-refractivity contribution is 0.0176. The smallest absolute Gasteiger partial charge is 0.410 e. The molecule has 0 radical (unpaired) electrons. The highest BCUT2D eigenvalue weighted by molar-refractivity contribution is 7.84. The molecule has 7 heteroatoms. The van der Waals surface area contributed by atoms with Gasteiger partial charge in [0.25, 0.3) is 0 Å². The number of carbonyl (C=O) groups excluding carboxylic acids is 1. The van der Waals surface area contributed by atoms with Gasteiger partial charge in [0, 0.05) is 31.2 Å². The molecule has 0 unspecified atom stereocenters. The minimum absolute atomic E-state index is 0.198. The zero-order chi connectivity index (χ0) is 16.2. The number of carbonyl (C=O) groups is 1. The molecule has 1 amide bonds. The van der Waals surface area contributed by atoms with Crippen LogP contribution in [-0.4, -0.2) is 49.6 Å². The van der Waals surface area contributed by atoms with Gasteiger partial charge >= 0.3 is 6.09 Å². The summed E-state index contributed by atoms with van der Waals surface area (Å²) in [5, 5.41) is 0.497. The van der Waals surface area contributed by atoms with Crippen LogP contribution in [0.4, 0.5) is 4.79 Å². The van der Waals surface area contributed by atoms with Crippen LogP contribution in [0.3, 0.4) is 0 Å². The van der Waals surface area contributed by atoms with Crippen molar-refractivity contribution in [3.8, 4) is 0 Å². The van der Waals surface area contributed by atoms with Crippen molar-refractivity contribution in [2.24, 2.45) is 5.92 Å². The highest BCUT2D eigenvalue weighted by Gasteiger charge is 2.28. The normalized spacial score (nSPS) is 20.5. The minimum atomic E-state index is -1.18. The molecule has 0 aliphatic carbocycles. The topological polar surface area (TPSA) is 72.4 Å². The first kappa shape index (κ1) is 16.9. The Balaban J connectivity index is 1.91. The zero-order valence-corrected chi connectivity index (χ0v) is 14.1. The first-order chi connectivity index (χ1) is 10.3. The van der Waals surface area contributed by atoms with Crippen LogP contribution >= 0.6 is 0 Å². The Morgan fingerprint density at radius 3 is 2.86 bits per heavy atom. The van der Waals surface area contributed by atoms with E-state index in [1.165, 1.54) is 6.20 Å².